The first-order valence-corrected chi connectivity index (χ1v) is 7.36. The minimum atomic E-state index is -0.217. The van der Waals surface area contributed by atoms with E-state index < -0.39 is 0 Å². The summed E-state index contributed by atoms with van der Waals surface area (Å²) in [6, 6.07) is 4.90. The van der Waals surface area contributed by atoms with Crippen LogP contribution in [0.5, 0.6) is 0 Å². The van der Waals surface area contributed by atoms with Gasteiger partial charge in [0.1, 0.15) is 5.82 Å². The van der Waals surface area contributed by atoms with Crippen molar-refractivity contribution in [2.24, 2.45) is 5.73 Å². The van der Waals surface area contributed by atoms with E-state index in [-0.39, 0.29) is 24.0 Å². The topological polar surface area (TPSA) is 84.7 Å². The largest absolute Gasteiger partial charge is 0.323 e. The summed E-state index contributed by atoms with van der Waals surface area (Å²) in [6.45, 7) is 0. The van der Waals surface area contributed by atoms with Gasteiger partial charge in [0.2, 0.25) is 0 Å². The molecule has 0 aliphatic heterocycles. The van der Waals surface area contributed by atoms with E-state index in [9.17, 15) is 4.79 Å². The van der Waals surface area contributed by atoms with Crippen molar-refractivity contribution in [3.05, 3.63) is 46.6 Å². The van der Waals surface area contributed by atoms with E-state index in [1.54, 1.807) is 30.2 Å². The number of thioether (sulfide) groups is 1. The van der Waals surface area contributed by atoms with Crippen molar-refractivity contribution < 1.29 is 0 Å². The van der Waals surface area contributed by atoms with Crippen LogP contribution in [0.1, 0.15) is 18.2 Å². The third-order valence-electron chi connectivity index (χ3n) is 2.71. The Labute approximate surface area is 127 Å². The van der Waals surface area contributed by atoms with Crippen molar-refractivity contribution in [3.63, 3.8) is 0 Å². The van der Waals surface area contributed by atoms with Gasteiger partial charge in [-0.1, -0.05) is 0 Å². The average molecular weight is 313 g/mol. The molecule has 1 unspecified atom stereocenters. The van der Waals surface area contributed by atoms with Gasteiger partial charge >= 0.3 is 0 Å². The Balaban J connectivity index is 0.00000200. The van der Waals surface area contributed by atoms with E-state index in [2.05, 4.69) is 15.0 Å². The second-order valence-corrected chi connectivity index (χ2v) is 5.13. The maximum absolute atomic E-state index is 11.7. The Kier molecular flexibility index (Phi) is 6.70. The SMILES string of the molecule is CSCCC(N)c1cc(=O)[nH]c(-c2cccnc2)n1.Cl. The van der Waals surface area contributed by atoms with Crippen LogP contribution in [0.15, 0.2) is 35.4 Å². The van der Waals surface area contributed by atoms with Crippen LogP contribution < -0.4 is 11.3 Å². The molecular formula is C13H17ClN4OS. The predicted octanol–water partition coefficient (Wildman–Crippen LogP) is 2.01. The summed E-state index contributed by atoms with van der Waals surface area (Å²) >= 11 is 1.73. The highest BCUT2D eigenvalue weighted by Crippen LogP contribution is 2.16. The average Bonchev–Trinajstić information content (AvgIpc) is 2.45. The Morgan fingerprint density at radius 2 is 2.30 bits per heavy atom. The fourth-order valence-electron chi connectivity index (χ4n) is 1.70. The summed E-state index contributed by atoms with van der Waals surface area (Å²) in [5, 5.41) is 0. The van der Waals surface area contributed by atoms with Gasteiger partial charge < -0.3 is 10.7 Å². The van der Waals surface area contributed by atoms with E-state index in [4.69, 9.17) is 5.73 Å². The van der Waals surface area contributed by atoms with E-state index in [0.717, 1.165) is 17.7 Å². The molecule has 7 heteroatoms. The fraction of sp³-hybridized carbons (Fsp3) is 0.308. The highest BCUT2D eigenvalue weighted by atomic mass is 35.5. The van der Waals surface area contributed by atoms with Gasteiger partial charge in [0, 0.05) is 30.1 Å². The van der Waals surface area contributed by atoms with Crippen LogP contribution in [0.25, 0.3) is 11.4 Å². The zero-order valence-electron chi connectivity index (χ0n) is 11.1. The van der Waals surface area contributed by atoms with Crippen LogP contribution in [-0.4, -0.2) is 27.0 Å². The van der Waals surface area contributed by atoms with Gasteiger partial charge in [-0.05, 0) is 30.6 Å². The van der Waals surface area contributed by atoms with E-state index in [1.165, 1.54) is 6.07 Å². The number of halogens is 1. The molecule has 2 rings (SSSR count). The van der Waals surface area contributed by atoms with Crippen LogP contribution in [0.4, 0.5) is 0 Å². The highest BCUT2D eigenvalue weighted by Gasteiger charge is 2.10. The molecule has 2 aromatic rings. The third-order valence-corrected chi connectivity index (χ3v) is 3.35. The molecule has 0 fully saturated rings. The predicted molar refractivity (Wildman–Crippen MR) is 85.3 cm³/mol. The molecule has 0 radical (unpaired) electrons. The molecular weight excluding hydrogens is 296 g/mol. The van der Waals surface area contributed by atoms with Crippen molar-refractivity contribution in [2.45, 2.75) is 12.5 Å². The van der Waals surface area contributed by atoms with Gasteiger partial charge in [-0.3, -0.25) is 9.78 Å². The quantitative estimate of drug-likeness (QED) is 0.882. The number of hydrogen-bond donors (Lipinski definition) is 2. The molecule has 0 aromatic carbocycles. The van der Waals surface area contributed by atoms with Crippen LogP contribution >= 0.6 is 24.2 Å². The van der Waals surface area contributed by atoms with Crippen molar-refractivity contribution >= 4 is 24.2 Å². The smallest absolute Gasteiger partial charge is 0.251 e. The van der Waals surface area contributed by atoms with Gasteiger partial charge in [0.25, 0.3) is 5.56 Å². The number of H-pyrrole nitrogens is 1. The molecule has 0 saturated carbocycles. The van der Waals surface area contributed by atoms with Crippen molar-refractivity contribution in [2.75, 3.05) is 12.0 Å². The molecule has 5 nitrogen and oxygen atoms in total. The van der Waals surface area contributed by atoms with Crippen LogP contribution in [0, 0.1) is 0 Å². The molecule has 0 bridgehead atoms. The van der Waals surface area contributed by atoms with Crippen molar-refractivity contribution in [1.82, 2.24) is 15.0 Å². The molecule has 2 aromatic heterocycles. The molecule has 0 aliphatic carbocycles. The summed E-state index contributed by atoms with van der Waals surface area (Å²) in [7, 11) is 0. The molecule has 0 amide bonds. The van der Waals surface area contributed by atoms with Crippen LogP contribution in [0.2, 0.25) is 0 Å². The molecule has 20 heavy (non-hydrogen) atoms. The van der Waals surface area contributed by atoms with E-state index in [1.807, 2.05) is 12.3 Å². The molecule has 0 spiro atoms. The summed E-state index contributed by atoms with van der Waals surface area (Å²) in [5.74, 6) is 1.45. The first-order chi connectivity index (χ1) is 9.20. The van der Waals surface area contributed by atoms with Crippen LogP contribution in [-0.2, 0) is 0 Å². The van der Waals surface area contributed by atoms with Crippen LogP contribution in [0.3, 0.4) is 0 Å². The minimum absolute atomic E-state index is 0. The number of hydrogen-bond acceptors (Lipinski definition) is 5. The Morgan fingerprint density at radius 3 is 2.95 bits per heavy atom. The van der Waals surface area contributed by atoms with Crippen molar-refractivity contribution in [1.29, 1.82) is 0 Å². The molecule has 0 aliphatic rings. The molecule has 3 N–H and O–H groups in total. The van der Waals surface area contributed by atoms with Gasteiger partial charge in [-0.15, -0.1) is 12.4 Å². The lowest BCUT2D eigenvalue weighted by molar-refractivity contribution is 0.678. The number of rotatable bonds is 5. The number of pyridine rings is 1. The maximum atomic E-state index is 11.7. The minimum Gasteiger partial charge on any atom is -0.323 e. The second-order valence-electron chi connectivity index (χ2n) is 4.15. The normalized spacial score (nSPS) is 11.7. The second kappa shape index (κ2) is 8.04. The van der Waals surface area contributed by atoms with Gasteiger partial charge in [-0.2, -0.15) is 11.8 Å². The first kappa shape index (κ1) is 16.7. The number of aromatic amines is 1. The Morgan fingerprint density at radius 1 is 1.50 bits per heavy atom. The summed E-state index contributed by atoms with van der Waals surface area (Å²) in [5.41, 5.74) is 7.26. The monoisotopic (exact) mass is 312 g/mol. The Bertz CT molecular complexity index is 590. The third kappa shape index (κ3) is 4.33. The fourth-order valence-corrected chi connectivity index (χ4v) is 2.19. The van der Waals surface area contributed by atoms with Gasteiger partial charge in [0.15, 0.2) is 0 Å². The van der Waals surface area contributed by atoms with Crippen molar-refractivity contribution in [3.8, 4) is 11.4 Å². The zero-order chi connectivity index (χ0) is 13.7. The maximum Gasteiger partial charge on any atom is 0.251 e. The lowest BCUT2D eigenvalue weighted by Gasteiger charge is -2.11. The summed E-state index contributed by atoms with van der Waals surface area (Å²) < 4.78 is 0. The number of nitrogens with zero attached hydrogens (tertiary/aromatic N) is 2. The Hall–Kier alpha value is -1.37. The first-order valence-electron chi connectivity index (χ1n) is 5.97. The molecule has 0 saturated heterocycles. The molecule has 108 valence electrons. The summed E-state index contributed by atoms with van der Waals surface area (Å²) in [6.07, 6.45) is 6.16. The van der Waals surface area contributed by atoms with E-state index in [0.29, 0.717) is 11.5 Å². The van der Waals surface area contributed by atoms with E-state index >= 15 is 0 Å². The van der Waals surface area contributed by atoms with Gasteiger partial charge in [0.05, 0.1) is 5.69 Å². The molecule has 2 heterocycles. The lowest BCUT2D eigenvalue weighted by Crippen LogP contribution is -2.18. The lowest BCUT2D eigenvalue weighted by atomic mass is 10.1. The summed E-state index contributed by atoms with van der Waals surface area (Å²) in [4.78, 5) is 22.8. The number of nitrogens with one attached hydrogen (secondary N) is 1. The number of nitrogens with two attached hydrogens (primary N) is 1. The zero-order valence-corrected chi connectivity index (χ0v) is 12.7. The molecule has 1 atom stereocenters. The standard InChI is InChI=1S/C13H16N4OS.ClH/c1-19-6-4-10(14)11-7-12(18)17-13(16-11)9-3-2-5-15-8-9;/h2-3,5,7-8,10H,4,6,14H2,1H3,(H,16,17,18);1H. The van der Waals surface area contributed by atoms with Gasteiger partial charge in [-0.25, -0.2) is 4.98 Å². The number of aromatic nitrogens is 3. The highest BCUT2D eigenvalue weighted by molar-refractivity contribution is 7.98.